The summed E-state index contributed by atoms with van der Waals surface area (Å²) < 4.78 is 13.3. The number of carbonyl (C=O) groups is 1. The number of benzene rings is 1. The zero-order chi connectivity index (χ0) is 10.6. The van der Waals surface area contributed by atoms with E-state index in [1.54, 1.807) is 25.1 Å². The molecular formula is C11H12FNO. The summed E-state index contributed by atoms with van der Waals surface area (Å²) in [6.45, 7) is 5.58. The van der Waals surface area contributed by atoms with E-state index in [1.807, 2.05) is 0 Å². The van der Waals surface area contributed by atoms with Gasteiger partial charge in [0.05, 0.1) is 5.69 Å². The van der Waals surface area contributed by atoms with Crippen LogP contribution in [0.4, 0.5) is 10.1 Å². The van der Waals surface area contributed by atoms with E-state index in [-0.39, 0.29) is 5.91 Å². The number of halogens is 1. The molecule has 74 valence electrons. The average Bonchev–Trinajstić information content (AvgIpc) is 2.21. The van der Waals surface area contributed by atoms with Crippen LogP contribution >= 0.6 is 0 Å². The molecule has 0 fully saturated rings. The first-order chi connectivity index (χ1) is 6.70. The van der Waals surface area contributed by atoms with Crippen molar-refractivity contribution < 1.29 is 9.18 Å². The first kappa shape index (κ1) is 10.4. The lowest BCUT2D eigenvalue weighted by atomic mass is 10.2. The van der Waals surface area contributed by atoms with Crippen molar-refractivity contribution in [2.45, 2.75) is 6.92 Å². The van der Waals surface area contributed by atoms with Crippen molar-refractivity contribution in [1.29, 1.82) is 0 Å². The molecule has 0 saturated heterocycles. The maximum absolute atomic E-state index is 13.3. The third kappa shape index (κ3) is 1.99. The van der Waals surface area contributed by atoms with Crippen LogP contribution in [0.3, 0.4) is 0 Å². The number of para-hydroxylation sites is 1. The van der Waals surface area contributed by atoms with Crippen LogP contribution in [0.5, 0.6) is 0 Å². The van der Waals surface area contributed by atoms with E-state index in [2.05, 4.69) is 6.58 Å². The monoisotopic (exact) mass is 193 g/mol. The predicted octanol–water partition coefficient (Wildman–Crippen LogP) is 2.36. The molecule has 1 rings (SSSR count). The highest BCUT2D eigenvalue weighted by Crippen LogP contribution is 2.18. The minimum Gasteiger partial charge on any atom is -0.306 e. The Labute approximate surface area is 82.7 Å². The van der Waals surface area contributed by atoms with Crippen LogP contribution in [0.2, 0.25) is 0 Å². The van der Waals surface area contributed by atoms with Gasteiger partial charge in [-0.3, -0.25) is 4.79 Å². The standard InChI is InChI=1S/C11H12FNO/c1-3-11(14)13(4-2)10-8-6-5-7-9(10)12/h3,5-8H,1,4H2,2H3. The second kappa shape index (κ2) is 4.56. The molecule has 0 saturated carbocycles. The number of rotatable bonds is 3. The van der Waals surface area contributed by atoms with E-state index in [9.17, 15) is 9.18 Å². The highest BCUT2D eigenvalue weighted by atomic mass is 19.1. The van der Waals surface area contributed by atoms with Gasteiger partial charge in [0.2, 0.25) is 5.91 Å². The maximum atomic E-state index is 13.3. The molecule has 1 aromatic carbocycles. The van der Waals surface area contributed by atoms with E-state index in [1.165, 1.54) is 17.0 Å². The average molecular weight is 193 g/mol. The van der Waals surface area contributed by atoms with Gasteiger partial charge in [-0.1, -0.05) is 18.7 Å². The van der Waals surface area contributed by atoms with Gasteiger partial charge in [-0.2, -0.15) is 0 Å². The Morgan fingerprint density at radius 1 is 1.57 bits per heavy atom. The molecule has 0 bridgehead atoms. The molecule has 0 aliphatic heterocycles. The summed E-state index contributed by atoms with van der Waals surface area (Å²) in [5.74, 6) is -0.692. The van der Waals surface area contributed by atoms with Crippen LogP contribution in [0.25, 0.3) is 0 Å². The van der Waals surface area contributed by atoms with Crippen LogP contribution in [0.15, 0.2) is 36.9 Å². The summed E-state index contributed by atoms with van der Waals surface area (Å²) in [4.78, 5) is 12.7. The third-order valence-electron chi connectivity index (χ3n) is 1.90. The Hall–Kier alpha value is -1.64. The van der Waals surface area contributed by atoms with Crippen LogP contribution in [-0.4, -0.2) is 12.5 Å². The Morgan fingerprint density at radius 2 is 2.21 bits per heavy atom. The normalized spacial score (nSPS) is 9.57. The quantitative estimate of drug-likeness (QED) is 0.675. The van der Waals surface area contributed by atoms with Crippen molar-refractivity contribution >= 4 is 11.6 Å². The summed E-state index contributed by atoms with van der Waals surface area (Å²) in [6.07, 6.45) is 1.18. The van der Waals surface area contributed by atoms with Crippen molar-refractivity contribution in [2.24, 2.45) is 0 Å². The van der Waals surface area contributed by atoms with Gasteiger partial charge in [0.25, 0.3) is 0 Å². The van der Waals surface area contributed by atoms with Gasteiger partial charge >= 0.3 is 0 Å². The highest BCUT2D eigenvalue weighted by Gasteiger charge is 2.13. The first-order valence-electron chi connectivity index (χ1n) is 4.39. The summed E-state index contributed by atoms with van der Waals surface area (Å²) in [5.41, 5.74) is 0.292. The summed E-state index contributed by atoms with van der Waals surface area (Å²) in [7, 11) is 0. The third-order valence-corrected chi connectivity index (χ3v) is 1.90. The second-order valence-electron chi connectivity index (χ2n) is 2.74. The largest absolute Gasteiger partial charge is 0.306 e. The van der Waals surface area contributed by atoms with Crippen molar-refractivity contribution in [3.8, 4) is 0 Å². The summed E-state index contributed by atoms with van der Waals surface area (Å²) in [6, 6.07) is 6.18. The predicted molar refractivity (Wildman–Crippen MR) is 54.6 cm³/mol. The highest BCUT2D eigenvalue weighted by molar-refractivity contribution is 6.01. The second-order valence-corrected chi connectivity index (χ2v) is 2.74. The Morgan fingerprint density at radius 3 is 2.71 bits per heavy atom. The molecule has 14 heavy (non-hydrogen) atoms. The number of nitrogens with zero attached hydrogens (tertiary/aromatic N) is 1. The lowest BCUT2D eigenvalue weighted by molar-refractivity contribution is -0.114. The minimum atomic E-state index is -0.399. The van der Waals surface area contributed by atoms with Crippen molar-refractivity contribution in [3.63, 3.8) is 0 Å². The lowest BCUT2D eigenvalue weighted by Gasteiger charge is -2.19. The van der Waals surface area contributed by atoms with Gasteiger partial charge in [0, 0.05) is 6.54 Å². The first-order valence-corrected chi connectivity index (χ1v) is 4.39. The number of amides is 1. The molecule has 0 N–H and O–H groups in total. The zero-order valence-electron chi connectivity index (χ0n) is 8.03. The molecule has 3 heteroatoms. The smallest absolute Gasteiger partial charge is 0.250 e. The maximum Gasteiger partial charge on any atom is 0.250 e. The molecule has 0 unspecified atom stereocenters. The minimum absolute atomic E-state index is 0.292. The van der Waals surface area contributed by atoms with E-state index < -0.39 is 5.82 Å². The molecule has 1 amide bonds. The van der Waals surface area contributed by atoms with Crippen molar-refractivity contribution in [1.82, 2.24) is 0 Å². The molecule has 0 aliphatic carbocycles. The van der Waals surface area contributed by atoms with Gasteiger partial charge < -0.3 is 4.90 Å². The SMILES string of the molecule is C=CC(=O)N(CC)c1ccccc1F. The van der Waals surface area contributed by atoms with Gasteiger partial charge in [-0.15, -0.1) is 0 Å². The molecule has 0 aliphatic rings. The number of carbonyl (C=O) groups excluding carboxylic acids is 1. The summed E-state index contributed by atoms with van der Waals surface area (Å²) >= 11 is 0. The Kier molecular flexibility index (Phi) is 3.40. The fraction of sp³-hybridized carbons (Fsp3) is 0.182. The van der Waals surface area contributed by atoms with Gasteiger partial charge in [0.1, 0.15) is 5.82 Å². The fourth-order valence-electron chi connectivity index (χ4n) is 1.23. The van der Waals surface area contributed by atoms with E-state index in [0.717, 1.165) is 0 Å². The molecular weight excluding hydrogens is 181 g/mol. The van der Waals surface area contributed by atoms with Gasteiger partial charge in [-0.05, 0) is 25.1 Å². The molecule has 2 nitrogen and oxygen atoms in total. The molecule has 0 atom stereocenters. The van der Waals surface area contributed by atoms with Crippen LogP contribution < -0.4 is 4.90 Å². The Balaban J connectivity index is 3.06. The molecule has 0 radical (unpaired) electrons. The van der Waals surface area contributed by atoms with Crippen molar-refractivity contribution in [2.75, 3.05) is 11.4 Å². The molecule has 1 aromatic rings. The molecule has 0 spiro atoms. The number of hydrogen-bond donors (Lipinski definition) is 0. The van der Waals surface area contributed by atoms with Gasteiger partial charge in [-0.25, -0.2) is 4.39 Å². The van der Waals surface area contributed by atoms with E-state index >= 15 is 0 Å². The van der Waals surface area contributed by atoms with Crippen molar-refractivity contribution in [3.05, 3.63) is 42.7 Å². The lowest BCUT2D eigenvalue weighted by Crippen LogP contribution is -2.29. The fourth-order valence-corrected chi connectivity index (χ4v) is 1.23. The van der Waals surface area contributed by atoms with E-state index in [0.29, 0.717) is 12.2 Å². The van der Waals surface area contributed by atoms with Crippen LogP contribution in [0, 0.1) is 5.82 Å². The number of hydrogen-bond acceptors (Lipinski definition) is 1. The topological polar surface area (TPSA) is 20.3 Å². The zero-order valence-corrected chi connectivity index (χ0v) is 8.03. The van der Waals surface area contributed by atoms with Crippen LogP contribution in [0.1, 0.15) is 6.92 Å². The summed E-state index contributed by atoms with van der Waals surface area (Å²) in [5, 5.41) is 0. The van der Waals surface area contributed by atoms with Crippen LogP contribution in [-0.2, 0) is 4.79 Å². The van der Waals surface area contributed by atoms with Gasteiger partial charge in [0.15, 0.2) is 0 Å². The molecule has 0 aromatic heterocycles. The number of likely N-dealkylation sites (N-methyl/N-ethyl adjacent to an activating group) is 1. The Bertz CT molecular complexity index is 349. The van der Waals surface area contributed by atoms with E-state index in [4.69, 9.17) is 0 Å². The molecule has 0 heterocycles. The number of anilines is 1.